The summed E-state index contributed by atoms with van der Waals surface area (Å²) < 4.78 is 10.8. The molecular formula is C9H30N4Si4. The van der Waals surface area contributed by atoms with Crippen molar-refractivity contribution in [2.24, 2.45) is 0 Å². The van der Waals surface area contributed by atoms with Crippen molar-refractivity contribution >= 4 is 35.0 Å². The van der Waals surface area contributed by atoms with Crippen LogP contribution in [0.1, 0.15) is 13.8 Å². The maximum absolute atomic E-state index is 3.98. The van der Waals surface area contributed by atoms with Gasteiger partial charge >= 0.3 is 0 Å². The van der Waals surface area contributed by atoms with Gasteiger partial charge in [-0.1, -0.05) is 13.8 Å². The monoisotopic (exact) mass is 306 g/mol. The average Bonchev–Trinajstić information content (AvgIpc) is 1.94. The minimum Gasteiger partial charge on any atom is -0.338 e. The van der Waals surface area contributed by atoms with Crippen LogP contribution in [0.3, 0.4) is 0 Å². The topological polar surface area (TPSA) is 39.3 Å². The smallest absolute Gasteiger partial charge is 0.183 e. The Balaban J connectivity index is 2.86. The molecule has 102 valence electrons. The number of hydrogen-bond acceptors (Lipinski definition) is 4. The zero-order valence-corrected chi connectivity index (χ0v) is 17.1. The highest BCUT2D eigenvalue weighted by Gasteiger charge is 2.50. The van der Waals surface area contributed by atoms with Crippen molar-refractivity contribution < 1.29 is 0 Å². The van der Waals surface area contributed by atoms with E-state index in [1.54, 1.807) is 0 Å². The molecule has 1 fully saturated rings. The Morgan fingerprint density at radius 3 is 1.71 bits per heavy atom. The van der Waals surface area contributed by atoms with Crippen molar-refractivity contribution in [1.82, 2.24) is 18.2 Å². The van der Waals surface area contributed by atoms with Gasteiger partial charge in [0.15, 0.2) is 35.0 Å². The van der Waals surface area contributed by atoms with Crippen molar-refractivity contribution in [3.63, 3.8) is 0 Å². The van der Waals surface area contributed by atoms with E-state index in [4.69, 9.17) is 0 Å². The highest BCUT2D eigenvalue weighted by atomic mass is 28.5. The Morgan fingerprint density at radius 2 is 1.35 bits per heavy atom. The van der Waals surface area contributed by atoms with Crippen LogP contribution in [-0.4, -0.2) is 45.0 Å². The minimum absolute atomic E-state index is 0.335. The molecule has 0 aliphatic carbocycles. The molecule has 8 heteroatoms. The molecular weight excluding hydrogens is 276 g/mol. The standard InChI is InChI=1S/C9H30N4Si4/c1-9(2)10-14-13-16(5,6)11-15(3,4)12-17(13,7)8/h9-12H,14H2,1-8H3. The molecule has 0 spiro atoms. The molecule has 0 radical (unpaired) electrons. The van der Waals surface area contributed by atoms with Crippen molar-refractivity contribution in [1.29, 1.82) is 0 Å². The summed E-state index contributed by atoms with van der Waals surface area (Å²) in [6.45, 7) is 19.2. The van der Waals surface area contributed by atoms with E-state index in [0.717, 1.165) is 0 Å². The second-order valence-electron chi connectivity index (χ2n) is 6.94. The van der Waals surface area contributed by atoms with Gasteiger partial charge < -0.3 is 18.2 Å². The molecule has 0 bridgehead atoms. The van der Waals surface area contributed by atoms with Crippen LogP contribution in [0.15, 0.2) is 0 Å². The van der Waals surface area contributed by atoms with Crippen LogP contribution in [0.4, 0.5) is 0 Å². The maximum Gasteiger partial charge on any atom is 0.183 e. The molecule has 0 aromatic carbocycles. The first-order valence-corrected chi connectivity index (χ1v) is 16.8. The van der Waals surface area contributed by atoms with Crippen LogP contribution in [-0.2, 0) is 0 Å². The van der Waals surface area contributed by atoms with Gasteiger partial charge in [-0.25, -0.2) is 0 Å². The van der Waals surface area contributed by atoms with Crippen LogP contribution in [0.5, 0.6) is 0 Å². The van der Waals surface area contributed by atoms with Gasteiger partial charge in [0.25, 0.3) is 0 Å². The van der Waals surface area contributed by atoms with E-state index >= 15 is 0 Å². The lowest BCUT2D eigenvalue weighted by Crippen LogP contribution is -2.89. The highest BCUT2D eigenvalue weighted by Crippen LogP contribution is 2.21. The fraction of sp³-hybridized carbons (Fsp3) is 1.00. The van der Waals surface area contributed by atoms with Gasteiger partial charge in [0.2, 0.25) is 0 Å². The number of rotatable bonds is 3. The van der Waals surface area contributed by atoms with E-state index in [1.165, 1.54) is 0 Å². The van der Waals surface area contributed by atoms with E-state index in [1.807, 2.05) is 0 Å². The predicted octanol–water partition coefficient (Wildman–Crippen LogP) is 0.583. The zero-order chi connectivity index (χ0) is 13.5. The summed E-state index contributed by atoms with van der Waals surface area (Å²) in [6, 6.07) is 0.614. The molecule has 1 rings (SSSR count). The summed E-state index contributed by atoms with van der Waals surface area (Å²) >= 11 is 0. The fourth-order valence-corrected chi connectivity index (χ4v) is 29.5. The average molecular weight is 307 g/mol. The highest BCUT2D eigenvalue weighted by molar-refractivity contribution is 7.07. The first-order chi connectivity index (χ1) is 7.46. The second-order valence-corrected chi connectivity index (χ2v) is 22.6. The first kappa shape index (κ1) is 15.8. The second kappa shape index (κ2) is 5.00. The third-order valence-corrected chi connectivity index (χ3v) is 26.2. The first-order valence-electron chi connectivity index (χ1n) is 6.56. The lowest BCUT2D eigenvalue weighted by Gasteiger charge is -2.57. The molecule has 0 amide bonds. The van der Waals surface area contributed by atoms with Gasteiger partial charge in [0.05, 0.1) is 0 Å². The van der Waals surface area contributed by atoms with Crippen molar-refractivity contribution in [3.8, 4) is 0 Å². The van der Waals surface area contributed by atoms with E-state index in [9.17, 15) is 0 Å². The summed E-state index contributed by atoms with van der Waals surface area (Å²) in [5, 5.41) is 0. The van der Waals surface area contributed by atoms with Crippen molar-refractivity contribution in [2.75, 3.05) is 0 Å². The Labute approximate surface area is 112 Å². The maximum atomic E-state index is 3.98. The largest absolute Gasteiger partial charge is 0.338 e. The van der Waals surface area contributed by atoms with Crippen molar-refractivity contribution in [2.45, 2.75) is 59.2 Å². The molecule has 17 heavy (non-hydrogen) atoms. The molecule has 0 aromatic rings. The van der Waals surface area contributed by atoms with Crippen LogP contribution >= 0.6 is 0 Å². The Morgan fingerprint density at radius 1 is 0.941 bits per heavy atom. The molecule has 0 aromatic heterocycles. The van der Waals surface area contributed by atoms with Gasteiger partial charge in [0.1, 0.15) is 0 Å². The molecule has 3 N–H and O–H groups in total. The van der Waals surface area contributed by atoms with E-state index < -0.39 is 25.2 Å². The van der Waals surface area contributed by atoms with Gasteiger partial charge in [0, 0.05) is 0 Å². The predicted molar refractivity (Wildman–Crippen MR) is 87.4 cm³/mol. The zero-order valence-electron chi connectivity index (χ0n) is 12.7. The third kappa shape index (κ3) is 4.10. The van der Waals surface area contributed by atoms with E-state index in [2.05, 4.69) is 71.3 Å². The summed E-state index contributed by atoms with van der Waals surface area (Å²) in [6.07, 6.45) is 0. The van der Waals surface area contributed by atoms with E-state index in [0.29, 0.717) is 6.04 Å². The molecule has 1 aliphatic rings. The molecule has 1 aliphatic heterocycles. The van der Waals surface area contributed by atoms with Gasteiger partial charge in [-0.15, -0.1) is 0 Å². The van der Waals surface area contributed by atoms with Gasteiger partial charge in [-0.05, 0) is 45.3 Å². The number of hydrogen-bond donors (Lipinski definition) is 3. The molecule has 1 heterocycles. The van der Waals surface area contributed by atoms with Crippen LogP contribution in [0.2, 0.25) is 39.3 Å². The SMILES string of the molecule is CC(C)N[SiH2]N1[Si](C)(C)N[Si](C)(C)N[Si]1(C)C. The number of nitrogens with one attached hydrogen (secondary N) is 3. The fourth-order valence-electron chi connectivity index (χ4n) is 3.06. The summed E-state index contributed by atoms with van der Waals surface area (Å²) in [5.41, 5.74) is 0. The number of nitrogens with zero attached hydrogens (tertiary/aromatic N) is 1. The van der Waals surface area contributed by atoms with Crippen LogP contribution in [0, 0.1) is 0 Å². The third-order valence-electron chi connectivity index (χ3n) is 3.24. The lowest BCUT2D eigenvalue weighted by molar-refractivity contribution is 0.715. The van der Waals surface area contributed by atoms with Crippen molar-refractivity contribution in [3.05, 3.63) is 0 Å². The molecule has 0 unspecified atom stereocenters. The summed E-state index contributed by atoms with van der Waals surface area (Å²) in [5.74, 6) is 0. The molecule has 0 saturated carbocycles. The van der Waals surface area contributed by atoms with Gasteiger partial charge in [-0.3, -0.25) is 0 Å². The molecule has 1 saturated heterocycles. The Bertz CT molecular complexity index is 260. The Hall–Kier alpha value is 0.708. The summed E-state index contributed by atoms with van der Waals surface area (Å²) in [4.78, 5) is 3.72. The normalized spacial score (nSPS) is 28.1. The minimum atomic E-state index is -1.41. The van der Waals surface area contributed by atoms with Crippen LogP contribution < -0.4 is 14.3 Å². The molecule has 4 nitrogen and oxygen atoms in total. The Kier molecular flexibility index (Phi) is 4.64. The molecule has 0 atom stereocenters. The van der Waals surface area contributed by atoms with E-state index in [-0.39, 0.29) is 9.84 Å². The quantitative estimate of drug-likeness (QED) is 0.667. The summed E-state index contributed by atoms with van der Waals surface area (Å²) in [7, 11) is -4.55. The van der Waals surface area contributed by atoms with Gasteiger partial charge in [-0.2, -0.15) is 0 Å². The van der Waals surface area contributed by atoms with Crippen LogP contribution in [0.25, 0.3) is 0 Å². The lowest BCUT2D eigenvalue weighted by atomic mass is 10.4.